The Hall–Kier alpha value is -1.15. The van der Waals surface area contributed by atoms with Gasteiger partial charge in [-0.3, -0.25) is 0 Å². The van der Waals surface area contributed by atoms with Crippen molar-refractivity contribution >= 4 is 23.2 Å². The highest BCUT2D eigenvalue weighted by Crippen LogP contribution is 2.15. The van der Waals surface area contributed by atoms with Crippen molar-refractivity contribution in [3.63, 3.8) is 0 Å². The van der Waals surface area contributed by atoms with E-state index in [2.05, 4.69) is 11.6 Å². The smallest absolute Gasteiger partial charge is 0.0545 e. The average molecular weight is 197 g/mol. The van der Waals surface area contributed by atoms with E-state index in [0.717, 1.165) is 22.6 Å². The quantitative estimate of drug-likeness (QED) is 0.729. The molecule has 0 aliphatic carbocycles. The molecule has 2 nitrogen and oxygen atoms in total. The Kier molecular flexibility index (Phi) is 3.20. The summed E-state index contributed by atoms with van der Waals surface area (Å²) in [5.74, 6) is 0. The average Bonchev–Trinajstić information content (AvgIpc) is 2.53. The summed E-state index contributed by atoms with van der Waals surface area (Å²) in [4.78, 5) is 2.97. The topological polar surface area (TPSA) is 41.8 Å². The molecule has 0 saturated heterocycles. The van der Waals surface area contributed by atoms with E-state index in [4.69, 9.17) is 17.3 Å². The van der Waals surface area contributed by atoms with Gasteiger partial charge in [0.25, 0.3) is 0 Å². The van der Waals surface area contributed by atoms with Gasteiger partial charge in [-0.15, -0.1) is 0 Å². The molecular weight excluding hydrogens is 184 g/mol. The number of aromatic amines is 1. The normalized spacial score (nSPS) is 14.5. The molecule has 1 rings (SSSR count). The van der Waals surface area contributed by atoms with Crippen molar-refractivity contribution in [2.45, 2.75) is 13.3 Å². The second-order valence-electron chi connectivity index (χ2n) is 2.73. The molecule has 0 atom stereocenters. The van der Waals surface area contributed by atoms with Crippen LogP contribution < -0.4 is 16.3 Å². The van der Waals surface area contributed by atoms with Crippen LogP contribution in [0.5, 0.6) is 0 Å². The van der Waals surface area contributed by atoms with Crippen molar-refractivity contribution in [3.05, 3.63) is 34.6 Å². The molecule has 0 fully saturated rings. The molecule has 0 bridgehead atoms. The molecular formula is C10H13ClN2. The summed E-state index contributed by atoms with van der Waals surface area (Å²) in [7, 11) is 0. The molecule has 0 aromatic carbocycles. The first-order valence-electron chi connectivity index (χ1n) is 4.14. The summed E-state index contributed by atoms with van der Waals surface area (Å²) in [5, 5.41) is 2.41. The SMILES string of the molecule is C=c1[nH]cc/c1=C(Cl)/C(=C\N)CC. The van der Waals surface area contributed by atoms with Crippen LogP contribution in [-0.2, 0) is 0 Å². The van der Waals surface area contributed by atoms with Gasteiger partial charge >= 0.3 is 0 Å². The molecule has 0 spiro atoms. The molecule has 1 aromatic rings. The van der Waals surface area contributed by atoms with E-state index in [-0.39, 0.29) is 0 Å². The van der Waals surface area contributed by atoms with Gasteiger partial charge in [0.2, 0.25) is 0 Å². The third-order valence-corrected chi connectivity index (χ3v) is 2.38. The van der Waals surface area contributed by atoms with Crippen LogP contribution in [0.2, 0.25) is 0 Å². The van der Waals surface area contributed by atoms with Crippen LogP contribution in [0.25, 0.3) is 11.6 Å². The van der Waals surface area contributed by atoms with Crippen molar-refractivity contribution in [3.8, 4) is 0 Å². The molecule has 1 heterocycles. The van der Waals surface area contributed by atoms with Gasteiger partial charge < -0.3 is 10.7 Å². The minimum Gasteiger partial charge on any atom is -0.404 e. The lowest BCUT2D eigenvalue weighted by Gasteiger charge is -1.99. The van der Waals surface area contributed by atoms with Crippen LogP contribution in [0.1, 0.15) is 13.3 Å². The van der Waals surface area contributed by atoms with E-state index >= 15 is 0 Å². The van der Waals surface area contributed by atoms with E-state index in [9.17, 15) is 0 Å². The number of halogens is 1. The molecule has 0 amide bonds. The predicted molar refractivity (Wildman–Crippen MR) is 57.4 cm³/mol. The van der Waals surface area contributed by atoms with Crippen molar-refractivity contribution in [1.29, 1.82) is 0 Å². The molecule has 0 saturated carbocycles. The number of hydrogen-bond donors (Lipinski definition) is 2. The van der Waals surface area contributed by atoms with Crippen molar-refractivity contribution in [2.24, 2.45) is 5.73 Å². The zero-order chi connectivity index (χ0) is 9.84. The lowest BCUT2D eigenvalue weighted by atomic mass is 10.2. The van der Waals surface area contributed by atoms with Gasteiger partial charge in [-0.2, -0.15) is 0 Å². The summed E-state index contributed by atoms with van der Waals surface area (Å²) >= 11 is 6.13. The van der Waals surface area contributed by atoms with Gasteiger partial charge in [0.15, 0.2) is 0 Å². The van der Waals surface area contributed by atoms with Crippen molar-refractivity contribution < 1.29 is 0 Å². The molecule has 70 valence electrons. The molecule has 0 radical (unpaired) electrons. The van der Waals surface area contributed by atoms with Crippen LogP contribution in [0.15, 0.2) is 24.0 Å². The summed E-state index contributed by atoms with van der Waals surface area (Å²) in [5.41, 5.74) is 6.38. The molecule has 1 aromatic heterocycles. The summed E-state index contributed by atoms with van der Waals surface area (Å²) in [6.45, 7) is 5.83. The molecule has 0 unspecified atom stereocenters. The first kappa shape index (κ1) is 9.93. The summed E-state index contributed by atoms with van der Waals surface area (Å²) in [6.07, 6.45) is 4.17. The fourth-order valence-electron chi connectivity index (χ4n) is 1.13. The second kappa shape index (κ2) is 4.19. The van der Waals surface area contributed by atoms with Crippen molar-refractivity contribution in [2.75, 3.05) is 0 Å². The Morgan fingerprint density at radius 3 is 2.85 bits per heavy atom. The van der Waals surface area contributed by atoms with Gasteiger partial charge in [-0.25, -0.2) is 0 Å². The highest BCUT2D eigenvalue weighted by atomic mass is 35.5. The fourth-order valence-corrected chi connectivity index (χ4v) is 1.50. The third-order valence-electron chi connectivity index (χ3n) is 1.93. The van der Waals surface area contributed by atoms with Crippen LogP contribution in [0.4, 0.5) is 0 Å². The number of aromatic nitrogens is 1. The van der Waals surface area contributed by atoms with Crippen LogP contribution >= 0.6 is 11.6 Å². The van der Waals surface area contributed by atoms with Gasteiger partial charge in [-0.1, -0.05) is 25.1 Å². The van der Waals surface area contributed by atoms with E-state index < -0.39 is 0 Å². The number of hydrogen-bond acceptors (Lipinski definition) is 1. The highest BCUT2D eigenvalue weighted by Gasteiger charge is 2.00. The van der Waals surface area contributed by atoms with Gasteiger partial charge in [0.1, 0.15) is 0 Å². The Morgan fingerprint density at radius 2 is 2.46 bits per heavy atom. The van der Waals surface area contributed by atoms with Crippen LogP contribution in [0, 0.1) is 0 Å². The number of rotatable bonds is 2. The van der Waals surface area contributed by atoms with E-state index in [1.54, 1.807) is 0 Å². The third kappa shape index (κ3) is 1.95. The Labute approximate surface area is 82.4 Å². The minimum absolute atomic E-state index is 0.677. The largest absolute Gasteiger partial charge is 0.404 e. The van der Waals surface area contributed by atoms with Crippen LogP contribution in [0.3, 0.4) is 0 Å². The predicted octanol–water partition coefficient (Wildman–Crippen LogP) is 1.02. The maximum atomic E-state index is 6.13. The fraction of sp³-hybridized carbons (Fsp3) is 0.200. The molecule has 3 N–H and O–H groups in total. The Bertz CT molecular complexity index is 414. The number of nitrogens with one attached hydrogen (secondary N) is 1. The molecule has 0 aliphatic heterocycles. The molecule has 13 heavy (non-hydrogen) atoms. The van der Waals surface area contributed by atoms with Crippen LogP contribution in [-0.4, -0.2) is 4.98 Å². The number of H-pyrrole nitrogens is 1. The maximum absolute atomic E-state index is 6.13. The molecule has 0 aliphatic rings. The zero-order valence-corrected chi connectivity index (χ0v) is 8.36. The summed E-state index contributed by atoms with van der Waals surface area (Å²) in [6, 6.07) is 1.89. The Morgan fingerprint density at radius 1 is 1.77 bits per heavy atom. The zero-order valence-electron chi connectivity index (χ0n) is 7.60. The first-order valence-corrected chi connectivity index (χ1v) is 4.51. The highest BCUT2D eigenvalue weighted by molar-refractivity contribution is 6.48. The number of nitrogens with two attached hydrogens (primary N) is 1. The second-order valence-corrected chi connectivity index (χ2v) is 3.11. The lowest BCUT2D eigenvalue weighted by Crippen LogP contribution is -2.22. The van der Waals surface area contributed by atoms with Crippen molar-refractivity contribution in [1.82, 2.24) is 4.98 Å². The standard InChI is InChI=1S/C10H13ClN2/c1-3-8(6-12)10(11)9-4-5-13-7(9)2/h4-6,13H,2-3,12H2,1H3/b8-6-,10-9+. The maximum Gasteiger partial charge on any atom is 0.0545 e. The van der Waals surface area contributed by atoms with E-state index in [1.807, 2.05) is 19.2 Å². The van der Waals surface area contributed by atoms with Gasteiger partial charge in [0, 0.05) is 16.8 Å². The lowest BCUT2D eigenvalue weighted by molar-refractivity contribution is 1.15. The minimum atomic E-state index is 0.677. The van der Waals surface area contributed by atoms with Gasteiger partial charge in [-0.05, 0) is 24.3 Å². The number of allylic oxidation sites excluding steroid dienone is 1. The Balaban J connectivity index is 3.37. The van der Waals surface area contributed by atoms with E-state index in [0.29, 0.717) is 5.03 Å². The first-order chi connectivity index (χ1) is 6.20. The molecule has 3 heteroatoms. The van der Waals surface area contributed by atoms with E-state index in [1.165, 1.54) is 6.20 Å². The monoisotopic (exact) mass is 196 g/mol. The summed E-state index contributed by atoms with van der Waals surface area (Å²) < 4.78 is 0. The van der Waals surface area contributed by atoms with Gasteiger partial charge in [0.05, 0.1) is 5.03 Å².